The van der Waals surface area contributed by atoms with Gasteiger partial charge >= 0.3 is 5.97 Å². The van der Waals surface area contributed by atoms with Crippen molar-refractivity contribution in [3.05, 3.63) is 52.3 Å². The van der Waals surface area contributed by atoms with E-state index in [1.807, 2.05) is 0 Å². The molecule has 2 aromatic rings. The van der Waals surface area contributed by atoms with Gasteiger partial charge in [-0.1, -0.05) is 0 Å². The number of halogens is 2. The second kappa shape index (κ2) is 7.33. The monoisotopic (exact) mass is 336 g/mol. The highest BCUT2D eigenvalue weighted by Crippen LogP contribution is 2.18. The van der Waals surface area contributed by atoms with Gasteiger partial charge in [0.05, 0.1) is 12.3 Å². The number of aromatic nitrogens is 2. The van der Waals surface area contributed by atoms with E-state index in [9.17, 15) is 18.4 Å². The largest absolute Gasteiger partial charge is 0.466 e. The highest BCUT2D eigenvalue weighted by Gasteiger charge is 2.19. The van der Waals surface area contributed by atoms with Crippen LogP contribution in [0.15, 0.2) is 18.2 Å². The molecule has 0 aliphatic carbocycles. The van der Waals surface area contributed by atoms with Crippen LogP contribution in [0.25, 0.3) is 0 Å². The Bertz CT molecular complexity index is 764. The quantitative estimate of drug-likeness (QED) is 0.788. The molecule has 0 radical (unpaired) electrons. The molecule has 0 atom stereocenters. The van der Waals surface area contributed by atoms with Gasteiger partial charge in [-0.25, -0.2) is 13.5 Å². The van der Waals surface area contributed by atoms with Gasteiger partial charge in [-0.05, 0) is 44.9 Å². The summed E-state index contributed by atoms with van der Waals surface area (Å²) in [4.78, 5) is 23.9. The molecule has 1 aromatic carbocycles. The van der Waals surface area contributed by atoms with Crippen molar-refractivity contribution in [2.24, 2.45) is 0 Å². The van der Waals surface area contributed by atoms with Gasteiger partial charge in [-0.3, -0.25) is 9.59 Å². The Morgan fingerprint density at radius 2 is 1.79 bits per heavy atom. The van der Waals surface area contributed by atoms with Crippen LogP contribution in [0.2, 0.25) is 0 Å². The van der Waals surface area contributed by atoms with Crippen LogP contribution in [0.4, 0.5) is 8.78 Å². The Hall–Kier alpha value is -2.57. The predicted octanol–water partition coefficient (Wildman–Crippen LogP) is 2.96. The van der Waals surface area contributed by atoms with Crippen molar-refractivity contribution in [1.29, 1.82) is 0 Å². The van der Waals surface area contributed by atoms with Crippen LogP contribution in [0.3, 0.4) is 0 Å². The molecule has 0 spiro atoms. The number of hydrogen-bond acceptors (Lipinski definition) is 4. The zero-order valence-electron chi connectivity index (χ0n) is 13.7. The van der Waals surface area contributed by atoms with Gasteiger partial charge in [-0.15, -0.1) is 0 Å². The fourth-order valence-corrected chi connectivity index (χ4v) is 2.49. The third-order valence-electron chi connectivity index (χ3n) is 3.63. The number of esters is 1. The standard InChI is InChI=1S/C17H18F2N2O3/c1-4-24-16(22)6-5-15-10(2)20-21(11(15)3)17(23)12-7-13(18)9-14(19)8-12/h7-9H,4-6H2,1-3H3. The summed E-state index contributed by atoms with van der Waals surface area (Å²) < 4.78 is 32.6. The van der Waals surface area contributed by atoms with Crippen LogP contribution >= 0.6 is 0 Å². The van der Waals surface area contributed by atoms with Gasteiger partial charge in [0, 0.05) is 23.7 Å². The average Bonchev–Trinajstić information content (AvgIpc) is 2.78. The Balaban J connectivity index is 2.27. The minimum atomic E-state index is -0.831. The highest BCUT2D eigenvalue weighted by atomic mass is 19.1. The van der Waals surface area contributed by atoms with Crippen LogP contribution in [-0.2, 0) is 16.0 Å². The Morgan fingerprint density at radius 3 is 2.38 bits per heavy atom. The first-order chi connectivity index (χ1) is 11.3. The molecule has 1 aromatic heterocycles. The van der Waals surface area contributed by atoms with Crippen molar-refractivity contribution in [2.45, 2.75) is 33.6 Å². The number of benzene rings is 1. The minimum Gasteiger partial charge on any atom is -0.466 e. The molecule has 0 aliphatic rings. The molecule has 0 N–H and O–H groups in total. The molecule has 0 amide bonds. The lowest BCUT2D eigenvalue weighted by Gasteiger charge is -2.05. The average molecular weight is 336 g/mol. The first-order valence-corrected chi connectivity index (χ1v) is 7.55. The van der Waals surface area contributed by atoms with E-state index in [1.54, 1.807) is 20.8 Å². The molecule has 1 heterocycles. The number of ether oxygens (including phenoxy) is 1. The van der Waals surface area contributed by atoms with Gasteiger partial charge in [0.25, 0.3) is 5.91 Å². The SMILES string of the molecule is CCOC(=O)CCc1c(C)nn(C(=O)c2cc(F)cc(F)c2)c1C. The number of hydrogen-bond donors (Lipinski definition) is 0. The van der Waals surface area contributed by atoms with Crippen LogP contribution in [-0.4, -0.2) is 28.3 Å². The third-order valence-corrected chi connectivity index (χ3v) is 3.63. The van der Waals surface area contributed by atoms with Gasteiger partial charge in [0.2, 0.25) is 0 Å². The smallest absolute Gasteiger partial charge is 0.306 e. The van der Waals surface area contributed by atoms with Gasteiger partial charge in [-0.2, -0.15) is 5.10 Å². The molecule has 2 rings (SSSR count). The summed E-state index contributed by atoms with van der Waals surface area (Å²) >= 11 is 0. The lowest BCUT2D eigenvalue weighted by atomic mass is 10.1. The van der Waals surface area contributed by atoms with Crippen LogP contribution in [0.1, 0.15) is 40.7 Å². The van der Waals surface area contributed by atoms with E-state index in [4.69, 9.17) is 4.74 Å². The number of carbonyl (C=O) groups excluding carboxylic acids is 2. The fourth-order valence-electron chi connectivity index (χ4n) is 2.49. The summed E-state index contributed by atoms with van der Waals surface area (Å²) in [5.41, 5.74) is 1.73. The first-order valence-electron chi connectivity index (χ1n) is 7.55. The molecule has 0 saturated carbocycles. The van der Waals surface area contributed by atoms with Crippen LogP contribution in [0.5, 0.6) is 0 Å². The zero-order chi connectivity index (χ0) is 17.9. The summed E-state index contributed by atoms with van der Waals surface area (Å²) in [6.45, 7) is 5.42. The summed E-state index contributed by atoms with van der Waals surface area (Å²) in [7, 11) is 0. The molecule has 0 fully saturated rings. The Labute approximate surface area is 138 Å². The highest BCUT2D eigenvalue weighted by molar-refractivity contribution is 5.96. The van der Waals surface area contributed by atoms with E-state index < -0.39 is 17.5 Å². The molecule has 24 heavy (non-hydrogen) atoms. The van der Waals surface area contributed by atoms with Gasteiger partial charge < -0.3 is 4.74 Å². The molecule has 128 valence electrons. The second-order valence-corrected chi connectivity index (χ2v) is 5.33. The summed E-state index contributed by atoms with van der Waals surface area (Å²) in [5, 5.41) is 4.14. The van der Waals surface area contributed by atoms with Gasteiger partial charge in [0.1, 0.15) is 11.6 Å². The third kappa shape index (κ3) is 3.84. The number of nitrogens with zero attached hydrogens (tertiary/aromatic N) is 2. The van der Waals surface area contributed by atoms with Crippen molar-refractivity contribution in [2.75, 3.05) is 6.61 Å². The lowest BCUT2D eigenvalue weighted by Crippen LogP contribution is -2.16. The van der Waals surface area contributed by atoms with E-state index >= 15 is 0 Å². The molecule has 7 heteroatoms. The maximum absolute atomic E-state index is 13.3. The second-order valence-electron chi connectivity index (χ2n) is 5.33. The first kappa shape index (κ1) is 17.8. The molecule has 5 nitrogen and oxygen atoms in total. The van der Waals surface area contributed by atoms with E-state index in [2.05, 4.69) is 5.10 Å². The fraction of sp³-hybridized carbons (Fsp3) is 0.353. The normalized spacial score (nSPS) is 10.7. The topological polar surface area (TPSA) is 61.2 Å². The molecular weight excluding hydrogens is 318 g/mol. The van der Waals surface area contributed by atoms with Crippen LogP contribution < -0.4 is 0 Å². The van der Waals surface area contributed by atoms with E-state index in [0.717, 1.165) is 22.4 Å². The maximum atomic E-state index is 13.3. The van der Waals surface area contributed by atoms with E-state index in [-0.39, 0.29) is 18.0 Å². The van der Waals surface area contributed by atoms with Crippen molar-refractivity contribution < 1.29 is 23.1 Å². The number of aryl methyl sites for hydroxylation is 1. The summed E-state index contributed by atoms with van der Waals surface area (Å²) in [6.07, 6.45) is 0.547. The minimum absolute atomic E-state index is 0.130. The van der Waals surface area contributed by atoms with Crippen molar-refractivity contribution in [3.8, 4) is 0 Å². The lowest BCUT2D eigenvalue weighted by molar-refractivity contribution is -0.143. The van der Waals surface area contributed by atoms with E-state index in [0.29, 0.717) is 30.5 Å². The van der Waals surface area contributed by atoms with Crippen molar-refractivity contribution >= 4 is 11.9 Å². The number of carbonyl (C=O) groups is 2. The van der Waals surface area contributed by atoms with E-state index in [1.165, 1.54) is 0 Å². The van der Waals surface area contributed by atoms with Crippen molar-refractivity contribution in [3.63, 3.8) is 0 Å². The summed E-state index contributed by atoms with van der Waals surface area (Å²) in [6, 6.07) is 2.61. The predicted molar refractivity (Wildman–Crippen MR) is 82.7 cm³/mol. The van der Waals surface area contributed by atoms with Gasteiger partial charge in [0.15, 0.2) is 0 Å². The maximum Gasteiger partial charge on any atom is 0.306 e. The van der Waals surface area contributed by atoms with Crippen molar-refractivity contribution in [1.82, 2.24) is 9.78 Å². The summed E-state index contributed by atoms with van der Waals surface area (Å²) in [5.74, 6) is -2.62. The van der Waals surface area contributed by atoms with Crippen LogP contribution in [0, 0.1) is 25.5 Å². The molecule has 0 unspecified atom stereocenters. The number of rotatable bonds is 5. The molecule has 0 bridgehead atoms. The Morgan fingerprint density at radius 1 is 1.17 bits per heavy atom. The molecule has 0 aliphatic heterocycles. The molecular formula is C17H18F2N2O3. The Kier molecular flexibility index (Phi) is 5.43. The zero-order valence-corrected chi connectivity index (χ0v) is 13.7. The molecule has 0 saturated heterocycles.